The lowest BCUT2D eigenvalue weighted by molar-refractivity contribution is 0.383. The summed E-state index contributed by atoms with van der Waals surface area (Å²) in [5.41, 5.74) is 4.99. The van der Waals surface area contributed by atoms with E-state index in [9.17, 15) is 8.42 Å². The van der Waals surface area contributed by atoms with Crippen molar-refractivity contribution in [3.8, 4) is 0 Å². The summed E-state index contributed by atoms with van der Waals surface area (Å²) in [6.45, 7) is 8.26. The summed E-state index contributed by atoms with van der Waals surface area (Å²) in [5.74, 6) is 0.159. The molecular formula is C9H23N3O2S. The molecule has 5 nitrogen and oxygen atoms in total. The summed E-state index contributed by atoms with van der Waals surface area (Å²) in [6, 6.07) is 0. The normalized spacial score (nSPS) is 15.7. The minimum absolute atomic E-state index is 0.159. The zero-order chi connectivity index (χ0) is 12.3. The first kappa shape index (κ1) is 14.8. The average molecular weight is 237 g/mol. The SMILES string of the molecule is CC(CN)CN(C)S(=O)(=O)NC(C)(C)C. The molecule has 6 heteroatoms. The Kier molecular flexibility index (Phi) is 5.19. The van der Waals surface area contributed by atoms with Crippen molar-refractivity contribution in [1.82, 2.24) is 9.03 Å². The molecule has 0 rings (SSSR count). The van der Waals surface area contributed by atoms with Crippen molar-refractivity contribution in [2.45, 2.75) is 33.2 Å². The highest BCUT2D eigenvalue weighted by Crippen LogP contribution is 2.06. The van der Waals surface area contributed by atoms with Crippen LogP contribution in [-0.4, -0.2) is 38.4 Å². The summed E-state index contributed by atoms with van der Waals surface area (Å²) in [6.07, 6.45) is 0. The number of nitrogens with two attached hydrogens (primary N) is 1. The third-order valence-electron chi connectivity index (χ3n) is 1.82. The van der Waals surface area contributed by atoms with E-state index >= 15 is 0 Å². The Morgan fingerprint density at radius 3 is 2.20 bits per heavy atom. The van der Waals surface area contributed by atoms with E-state index in [0.717, 1.165) is 0 Å². The van der Waals surface area contributed by atoms with Crippen LogP contribution in [0.2, 0.25) is 0 Å². The van der Waals surface area contributed by atoms with Crippen molar-refractivity contribution in [3.05, 3.63) is 0 Å². The standard InChI is InChI=1S/C9H23N3O2S/c1-8(6-10)7-12(5)15(13,14)11-9(2,3)4/h8,11H,6-7,10H2,1-5H3. The molecule has 15 heavy (non-hydrogen) atoms. The lowest BCUT2D eigenvalue weighted by Gasteiger charge is -2.26. The van der Waals surface area contributed by atoms with Crippen LogP contribution in [0.4, 0.5) is 0 Å². The zero-order valence-electron chi connectivity index (χ0n) is 10.2. The third kappa shape index (κ3) is 6.09. The number of nitrogens with zero attached hydrogens (tertiary/aromatic N) is 1. The van der Waals surface area contributed by atoms with E-state index in [1.165, 1.54) is 4.31 Å². The molecule has 0 aromatic carbocycles. The summed E-state index contributed by atoms with van der Waals surface area (Å²) >= 11 is 0. The fourth-order valence-electron chi connectivity index (χ4n) is 1.08. The molecule has 1 atom stereocenters. The molecule has 0 aromatic heterocycles. The van der Waals surface area contributed by atoms with Gasteiger partial charge in [0.1, 0.15) is 0 Å². The number of hydrogen-bond acceptors (Lipinski definition) is 3. The first-order valence-electron chi connectivity index (χ1n) is 5.04. The van der Waals surface area contributed by atoms with Gasteiger partial charge in [0.25, 0.3) is 10.2 Å². The van der Waals surface area contributed by atoms with Crippen LogP contribution in [0, 0.1) is 5.92 Å². The van der Waals surface area contributed by atoms with Crippen LogP contribution in [0.15, 0.2) is 0 Å². The van der Waals surface area contributed by atoms with E-state index < -0.39 is 15.7 Å². The maximum atomic E-state index is 11.8. The topological polar surface area (TPSA) is 75.4 Å². The molecule has 0 aliphatic carbocycles. The molecule has 0 spiro atoms. The summed E-state index contributed by atoms with van der Waals surface area (Å²) in [7, 11) is -1.84. The Balaban J connectivity index is 4.47. The van der Waals surface area contributed by atoms with Crippen molar-refractivity contribution < 1.29 is 8.42 Å². The predicted molar refractivity (Wildman–Crippen MR) is 62.7 cm³/mol. The molecular weight excluding hydrogens is 214 g/mol. The van der Waals surface area contributed by atoms with E-state index in [-0.39, 0.29) is 5.92 Å². The van der Waals surface area contributed by atoms with Crippen molar-refractivity contribution in [3.63, 3.8) is 0 Å². The maximum Gasteiger partial charge on any atom is 0.279 e. The van der Waals surface area contributed by atoms with Gasteiger partial charge in [-0.3, -0.25) is 0 Å². The minimum Gasteiger partial charge on any atom is -0.330 e. The van der Waals surface area contributed by atoms with Gasteiger partial charge in [-0.25, -0.2) is 0 Å². The van der Waals surface area contributed by atoms with E-state index in [0.29, 0.717) is 13.1 Å². The molecule has 0 amide bonds. The Morgan fingerprint density at radius 2 is 1.87 bits per heavy atom. The Morgan fingerprint density at radius 1 is 1.40 bits per heavy atom. The van der Waals surface area contributed by atoms with Crippen molar-refractivity contribution in [2.24, 2.45) is 11.7 Å². The van der Waals surface area contributed by atoms with Gasteiger partial charge < -0.3 is 5.73 Å². The van der Waals surface area contributed by atoms with Crippen molar-refractivity contribution >= 4 is 10.2 Å². The maximum absolute atomic E-state index is 11.8. The van der Waals surface area contributed by atoms with Crippen LogP contribution >= 0.6 is 0 Å². The van der Waals surface area contributed by atoms with Gasteiger partial charge in [0.05, 0.1) is 0 Å². The first-order chi connectivity index (χ1) is 6.58. The van der Waals surface area contributed by atoms with Gasteiger partial charge in [0.2, 0.25) is 0 Å². The second-order valence-electron chi connectivity index (χ2n) is 4.98. The average Bonchev–Trinajstić information content (AvgIpc) is 1.99. The molecule has 0 saturated heterocycles. The molecule has 92 valence electrons. The van der Waals surface area contributed by atoms with Gasteiger partial charge in [0, 0.05) is 19.1 Å². The molecule has 1 unspecified atom stereocenters. The van der Waals surface area contributed by atoms with Gasteiger partial charge in [-0.05, 0) is 33.2 Å². The summed E-state index contributed by atoms with van der Waals surface area (Å²) < 4.78 is 27.4. The highest BCUT2D eigenvalue weighted by molar-refractivity contribution is 7.87. The van der Waals surface area contributed by atoms with Crippen molar-refractivity contribution in [1.29, 1.82) is 0 Å². The van der Waals surface area contributed by atoms with Gasteiger partial charge in [0.15, 0.2) is 0 Å². The smallest absolute Gasteiger partial charge is 0.279 e. The highest BCUT2D eigenvalue weighted by Gasteiger charge is 2.24. The van der Waals surface area contributed by atoms with E-state index in [1.807, 2.05) is 27.7 Å². The molecule has 0 aliphatic rings. The van der Waals surface area contributed by atoms with Gasteiger partial charge in [-0.1, -0.05) is 6.92 Å². The second kappa shape index (κ2) is 5.25. The van der Waals surface area contributed by atoms with Crippen LogP contribution in [0.3, 0.4) is 0 Å². The van der Waals surface area contributed by atoms with E-state index in [2.05, 4.69) is 4.72 Å². The number of rotatable bonds is 5. The fraction of sp³-hybridized carbons (Fsp3) is 1.00. The van der Waals surface area contributed by atoms with E-state index in [1.54, 1.807) is 7.05 Å². The lowest BCUT2D eigenvalue weighted by Crippen LogP contribution is -2.48. The quantitative estimate of drug-likeness (QED) is 0.714. The molecule has 0 aliphatic heterocycles. The number of hydrogen-bond donors (Lipinski definition) is 2. The molecule has 0 aromatic rings. The van der Waals surface area contributed by atoms with Crippen LogP contribution in [0.5, 0.6) is 0 Å². The summed E-state index contributed by atoms with van der Waals surface area (Å²) in [4.78, 5) is 0. The van der Waals surface area contributed by atoms with Crippen LogP contribution in [0.25, 0.3) is 0 Å². The van der Waals surface area contributed by atoms with Gasteiger partial charge in [-0.2, -0.15) is 17.4 Å². The van der Waals surface area contributed by atoms with Crippen LogP contribution in [-0.2, 0) is 10.2 Å². The minimum atomic E-state index is -3.40. The Hall–Kier alpha value is -0.170. The van der Waals surface area contributed by atoms with Crippen molar-refractivity contribution in [2.75, 3.05) is 20.1 Å². The number of nitrogens with one attached hydrogen (secondary N) is 1. The molecule has 3 N–H and O–H groups in total. The predicted octanol–water partition coefficient (Wildman–Crippen LogP) is 0.146. The molecule has 0 saturated carbocycles. The first-order valence-corrected chi connectivity index (χ1v) is 6.48. The largest absolute Gasteiger partial charge is 0.330 e. The van der Waals surface area contributed by atoms with Gasteiger partial charge in [-0.15, -0.1) is 0 Å². The zero-order valence-corrected chi connectivity index (χ0v) is 11.1. The molecule has 0 radical (unpaired) electrons. The summed E-state index contributed by atoms with van der Waals surface area (Å²) in [5, 5.41) is 0. The second-order valence-corrected chi connectivity index (χ2v) is 6.76. The monoisotopic (exact) mass is 237 g/mol. The van der Waals surface area contributed by atoms with Crippen LogP contribution in [0.1, 0.15) is 27.7 Å². The molecule has 0 bridgehead atoms. The third-order valence-corrected chi connectivity index (χ3v) is 3.66. The van der Waals surface area contributed by atoms with Crippen LogP contribution < -0.4 is 10.5 Å². The Bertz CT molecular complexity index is 282. The van der Waals surface area contributed by atoms with E-state index in [4.69, 9.17) is 5.73 Å². The Labute approximate surface area is 93.2 Å². The molecule has 0 heterocycles. The van der Waals surface area contributed by atoms with Gasteiger partial charge >= 0.3 is 0 Å². The highest BCUT2D eigenvalue weighted by atomic mass is 32.2. The lowest BCUT2D eigenvalue weighted by atomic mass is 10.1. The fourth-order valence-corrected chi connectivity index (χ4v) is 2.46. The molecule has 0 fully saturated rings.